The standard InChI is InChI=1S/C16H20N4O2/c1-19(11-8-14(21)22)15-16(20-9-4-5-10-20)18-13-7-3-2-6-12(13)17-15/h2-3,6-7H,4-5,8-11H2,1H3,(H,21,22). The molecule has 0 bridgehead atoms. The predicted molar refractivity (Wildman–Crippen MR) is 86.5 cm³/mol. The molecular weight excluding hydrogens is 280 g/mol. The zero-order valence-corrected chi connectivity index (χ0v) is 12.7. The first-order chi connectivity index (χ1) is 10.6. The molecule has 0 atom stereocenters. The molecule has 116 valence electrons. The Kier molecular flexibility index (Phi) is 4.09. The summed E-state index contributed by atoms with van der Waals surface area (Å²) >= 11 is 0. The van der Waals surface area contributed by atoms with E-state index in [0.717, 1.165) is 48.6 Å². The lowest BCUT2D eigenvalue weighted by Gasteiger charge is -2.25. The zero-order valence-electron chi connectivity index (χ0n) is 12.7. The quantitative estimate of drug-likeness (QED) is 0.912. The zero-order chi connectivity index (χ0) is 15.5. The molecule has 3 rings (SSSR count). The van der Waals surface area contributed by atoms with Gasteiger partial charge in [-0.15, -0.1) is 0 Å². The van der Waals surface area contributed by atoms with Gasteiger partial charge in [-0.25, -0.2) is 9.97 Å². The van der Waals surface area contributed by atoms with Gasteiger partial charge in [-0.2, -0.15) is 0 Å². The molecule has 1 aliphatic heterocycles. The maximum atomic E-state index is 10.8. The van der Waals surface area contributed by atoms with Crippen molar-refractivity contribution in [2.45, 2.75) is 19.3 Å². The maximum absolute atomic E-state index is 10.8. The van der Waals surface area contributed by atoms with Gasteiger partial charge in [0.05, 0.1) is 17.5 Å². The molecule has 1 saturated heterocycles. The minimum atomic E-state index is -0.802. The number of carboxylic acid groups (broad SMARTS) is 1. The van der Waals surface area contributed by atoms with Crippen molar-refractivity contribution in [3.05, 3.63) is 24.3 Å². The molecule has 2 heterocycles. The molecule has 0 aliphatic carbocycles. The number of hydrogen-bond acceptors (Lipinski definition) is 5. The molecule has 0 amide bonds. The van der Waals surface area contributed by atoms with E-state index in [2.05, 4.69) is 4.90 Å². The summed E-state index contributed by atoms with van der Waals surface area (Å²) in [6, 6.07) is 7.79. The molecule has 0 saturated carbocycles. The highest BCUT2D eigenvalue weighted by Gasteiger charge is 2.21. The highest BCUT2D eigenvalue weighted by Crippen LogP contribution is 2.29. The summed E-state index contributed by atoms with van der Waals surface area (Å²) in [6.45, 7) is 2.38. The van der Waals surface area contributed by atoms with Crippen LogP contribution in [0.4, 0.5) is 11.6 Å². The number of benzene rings is 1. The van der Waals surface area contributed by atoms with Gasteiger partial charge in [0.15, 0.2) is 11.6 Å². The van der Waals surface area contributed by atoms with Crippen LogP contribution in [0.25, 0.3) is 11.0 Å². The third-order valence-corrected chi connectivity index (χ3v) is 3.96. The van der Waals surface area contributed by atoms with Crippen molar-refractivity contribution >= 4 is 28.6 Å². The minimum Gasteiger partial charge on any atom is -0.481 e. The second-order valence-electron chi connectivity index (χ2n) is 5.62. The highest BCUT2D eigenvalue weighted by atomic mass is 16.4. The Labute approximate surface area is 129 Å². The first-order valence-electron chi connectivity index (χ1n) is 7.60. The molecular formula is C16H20N4O2. The number of aliphatic carboxylic acids is 1. The number of aromatic nitrogens is 2. The van der Waals surface area contributed by atoms with E-state index in [-0.39, 0.29) is 6.42 Å². The fraction of sp³-hybridized carbons (Fsp3) is 0.438. The molecule has 1 aromatic heterocycles. The van der Waals surface area contributed by atoms with Gasteiger partial charge in [0.2, 0.25) is 0 Å². The largest absolute Gasteiger partial charge is 0.481 e. The van der Waals surface area contributed by atoms with Crippen LogP contribution in [0, 0.1) is 0 Å². The van der Waals surface area contributed by atoms with Gasteiger partial charge in [-0.1, -0.05) is 12.1 Å². The maximum Gasteiger partial charge on any atom is 0.305 e. The topological polar surface area (TPSA) is 69.6 Å². The summed E-state index contributed by atoms with van der Waals surface area (Å²) in [4.78, 5) is 24.5. The van der Waals surface area contributed by atoms with E-state index >= 15 is 0 Å². The van der Waals surface area contributed by atoms with Crippen LogP contribution in [0.5, 0.6) is 0 Å². The Morgan fingerprint density at radius 2 is 1.86 bits per heavy atom. The monoisotopic (exact) mass is 300 g/mol. The van der Waals surface area contributed by atoms with Gasteiger partial charge < -0.3 is 14.9 Å². The van der Waals surface area contributed by atoms with Gasteiger partial charge in [0, 0.05) is 26.7 Å². The fourth-order valence-corrected chi connectivity index (χ4v) is 2.75. The summed E-state index contributed by atoms with van der Waals surface area (Å²) in [5, 5.41) is 8.89. The van der Waals surface area contributed by atoms with E-state index < -0.39 is 5.97 Å². The van der Waals surface area contributed by atoms with Gasteiger partial charge >= 0.3 is 5.97 Å². The van der Waals surface area contributed by atoms with E-state index in [4.69, 9.17) is 15.1 Å². The smallest absolute Gasteiger partial charge is 0.305 e. The van der Waals surface area contributed by atoms with E-state index in [1.165, 1.54) is 0 Å². The molecule has 0 unspecified atom stereocenters. The van der Waals surface area contributed by atoms with Gasteiger partial charge in [0.1, 0.15) is 0 Å². The second-order valence-corrected chi connectivity index (χ2v) is 5.62. The lowest BCUT2D eigenvalue weighted by Crippen LogP contribution is -2.27. The Hall–Kier alpha value is -2.37. The summed E-state index contributed by atoms with van der Waals surface area (Å²) in [7, 11) is 1.88. The molecule has 0 radical (unpaired) electrons. The van der Waals surface area contributed by atoms with Crippen molar-refractivity contribution in [2.75, 3.05) is 36.5 Å². The SMILES string of the molecule is CN(CCC(=O)O)c1nc2ccccc2nc1N1CCCC1. The Balaban J connectivity index is 2.00. The molecule has 1 aromatic carbocycles. The average Bonchev–Trinajstić information content (AvgIpc) is 3.05. The molecule has 22 heavy (non-hydrogen) atoms. The third kappa shape index (κ3) is 2.95. The van der Waals surface area contributed by atoms with Crippen LogP contribution in [0.1, 0.15) is 19.3 Å². The van der Waals surface area contributed by atoms with Gasteiger partial charge in [-0.3, -0.25) is 4.79 Å². The number of hydrogen-bond donors (Lipinski definition) is 1. The number of nitrogens with zero attached hydrogens (tertiary/aromatic N) is 4. The number of carboxylic acids is 1. The number of carbonyl (C=O) groups is 1. The Morgan fingerprint density at radius 3 is 2.50 bits per heavy atom. The van der Waals surface area contributed by atoms with Crippen molar-refractivity contribution in [2.24, 2.45) is 0 Å². The number of anilines is 2. The van der Waals surface area contributed by atoms with E-state index in [1.807, 2.05) is 36.2 Å². The molecule has 6 heteroatoms. The minimum absolute atomic E-state index is 0.0877. The van der Waals surface area contributed by atoms with Crippen LogP contribution < -0.4 is 9.80 Å². The van der Waals surface area contributed by atoms with Crippen LogP contribution in [-0.4, -0.2) is 47.7 Å². The number of rotatable bonds is 5. The van der Waals surface area contributed by atoms with Crippen LogP contribution in [0.15, 0.2) is 24.3 Å². The van der Waals surface area contributed by atoms with Gasteiger partial charge in [-0.05, 0) is 25.0 Å². The van der Waals surface area contributed by atoms with Crippen LogP contribution in [0.2, 0.25) is 0 Å². The third-order valence-electron chi connectivity index (χ3n) is 3.96. The first-order valence-corrected chi connectivity index (χ1v) is 7.60. The highest BCUT2D eigenvalue weighted by molar-refractivity contribution is 5.81. The van der Waals surface area contributed by atoms with Crippen molar-refractivity contribution < 1.29 is 9.90 Å². The predicted octanol–water partition coefficient (Wildman–Crippen LogP) is 2.14. The van der Waals surface area contributed by atoms with Crippen molar-refractivity contribution in [1.29, 1.82) is 0 Å². The Morgan fingerprint density at radius 1 is 1.23 bits per heavy atom. The summed E-state index contributed by atoms with van der Waals surface area (Å²) in [5.74, 6) is 0.828. The fourth-order valence-electron chi connectivity index (χ4n) is 2.75. The molecule has 1 aliphatic rings. The lowest BCUT2D eigenvalue weighted by atomic mass is 10.3. The first kappa shape index (κ1) is 14.6. The summed E-state index contributed by atoms with van der Waals surface area (Å²) < 4.78 is 0. The number of fused-ring (bicyclic) bond motifs is 1. The molecule has 0 spiro atoms. The van der Waals surface area contributed by atoms with Crippen LogP contribution in [0.3, 0.4) is 0 Å². The molecule has 1 N–H and O–H groups in total. The second kappa shape index (κ2) is 6.17. The molecule has 1 fully saturated rings. The lowest BCUT2D eigenvalue weighted by molar-refractivity contribution is -0.136. The molecule has 6 nitrogen and oxygen atoms in total. The number of para-hydroxylation sites is 2. The van der Waals surface area contributed by atoms with Gasteiger partial charge in [0.25, 0.3) is 0 Å². The van der Waals surface area contributed by atoms with Crippen LogP contribution in [-0.2, 0) is 4.79 Å². The average molecular weight is 300 g/mol. The normalized spacial score (nSPS) is 14.5. The van der Waals surface area contributed by atoms with Crippen molar-refractivity contribution in [1.82, 2.24) is 9.97 Å². The van der Waals surface area contributed by atoms with Crippen molar-refractivity contribution in [3.63, 3.8) is 0 Å². The van der Waals surface area contributed by atoms with Crippen LogP contribution >= 0.6 is 0 Å². The molecule has 2 aromatic rings. The van der Waals surface area contributed by atoms with Crippen molar-refractivity contribution in [3.8, 4) is 0 Å². The van der Waals surface area contributed by atoms with E-state index in [1.54, 1.807) is 0 Å². The summed E-state index contributed by atoms with van der Waals surface area (Å²) in [5.41, 5.74) is 1.71. The Bertz CT molecular complexity index is 683. The van der Waals surface area contributed by atoms with E-state index in [9.17, 15) is 4.79 Å². The van der Waals surface area contributed by atoms with E-state index in [0.29, 0.717) is 6.54 Å². The summed E-state index contributed by atoms with van der Waals surface area (Å²) in [6.07, 6.45) is 2.41.